The highest BCUT2D eigenvalue weighted by Crippen LogP contribution is 2.24. The molecule has 1 aromatic heterocycles. The Morgan fingerprint density at radius 1 is 1.43 bits per heavy atom. The molecule has 1 N–H and O–H groups in total. The van der Waals surface area contributed by atoms with E-state index in [1.54, 1.807) is 11.3 Å². The molecule has 0 bridgehead atoms. The lowest BCUT2D eigenvalue weighted by Gasteiger charge is -1.92. The van der Waals surface area contributed by atoms with Gasteiger partial charge in [-0.25, -0.2) is 4.98 Å². The van der Waals surface area contributed by atoms with Crippen LogP contribution in [0.25, 0.3) is 10.2 Å². The van der Waals surface area contributed by atoms with Crippen molar-refractivity contribution in [1.29, 1.82) is 0 Å². The minimum absolute atomic E-state index is 0.663. The molecule has 1 aromatic carbocycles. The average molecular weight is 202 g/mol. The lowest BCUT2D eigenvalue weighted by Crippen LogP contribution is -1.96. The van der Waals surface area contributed by atoms with Gasteiger partial charge in [-0.3, -0.25) is 0 Å². The van der Waals surface area contributed by atoms with Gasteiger partial charge >= 0.3 is 0 Å². The molecule has 2 nitrogen and oxygen atoms in total. The van der Waals surface area contributed by atoms with Gasteiger partial charge in [-0.15, -0.1) is 5.92 Å². The molecule has 0 atom stereocenters. The monoisotopic (exact) mass is 202 g/mol. The molecule has 0 aliphatic rings. The van der Waals surface area contributed by atoms with Crippen molar-refractivity contribution in [3.63, 3.8) is 0 Å². The van der Waals surface area contributed by atoms with E-state index in [1.165, 1.54) is 4.70 Å². The smallest absolute Gasteiger partial charge is 0.184 e. The molecule has 2 rings (SSSR count). The number of anilines is 1. The highest BCUT2D eigenvalue weighted by Gasteiger charge is 2.00. The summed E-state index contributed by atoms with van der Waals surface area (Å²) in [6.45, 7) is 2.50. The number of fused-ring (bicyclic) bond motifs is 1. The summed E-state index contributed by atoms with van der Waals surface area (Å²) in [4.78, 5) is 4.42. The fourth-order valence-electron chi connectivity index (χ4n) is 1.16. The standard InChI is InChI=1S/C11H10N2S/c1-2-3-8-12-11-13-9-6-4-5-7-10(9)14-11/h4-7H,8H2,1H3,(H,12,13). The second kappa shape index (κ2) is 4.12. The Bertz CT molecular complexity index is 457. The van der Waals surface area contributed by atoms with Gasteiger partial charge in [0.1, 0.15) is 0 Å². The fourth-order valence-corrected chi connectivity index (χ4v) is 2.02. The number of rotatable bonds is 2. The van der Waals surface area contributed by atoms with Gasteiger partial charge in [0.25, 0.3) is 0 Å². The number of aromatic nitrogens is 1. The molecule has 0 saturated carbocycles. The Balaban J connectivity index is 2.21. The zero-order chi connectivity index (χ0) is 9.80. The fraction of sp³-hybridized carbons (Fsp3) is 0.182. The maximum atomic E-state index is 4.42. The van der Waals surface area contributed by atoms with Crippen LogP contribution in [0.15, 0.2) is 24.3 Å². The van der Waals surface area contributed by atoms with Crippen molar-refractivity contribution in [3.8, 4) is 11.8 Å². The second-order valence-corrected chi connectivity index (χ2v) is 3.80. The maximum absolute atomic E-state index is 4.42. The van der Waals surface area contributed by atoms with Gasteiger partial charge in [0, 0.05) is 0 Å². The van der Waals surface area contributed by atoms with Crippen LogP contribution in [-0.4, -0.2) is 11.5 Å². The minimum Gasteiger partial charge on any atom is -0.351 e. The summed E-state index contributed by atoms with van der Waals surface area (Å²) >= 11 is 1.66. The first-order valence-electron chi connectivity index (χ1n) is 4.39. The van der Waals surface area contributed by atoms with Crippen molar-refractivity contribution in [2.75, 3.05) is 11.9 Å². The molecule has 14 heavy (non-hydrogen) atoms. The SMILES string of the molecule is CC#CCNc1nc2ccccc2s1. The summed E-state index contributed by atoms with van der Waals surface area (Å²) in [5.74, 6) is 5.78. The van der Waals surface area contributed by atoms with Crippen molar-refractivity contribution in [3.05, 3.63) is 24.3 Å². The van der Waals surface area contributed by atoms with Crippen molar-refractivity contribution < 1.29 is 0 Å². The molecule has 70 valence electrons. The number of thiazole rings is 1. The van der Waals surface area contributed by atoms with Gasteiger partial charge in [0.2, 0.25) is 0 Å². The number of para-hydroxylation sites is 1. The second-order valence-electron chi connectivity index (χ2n) is 2.77. The Kier molecular flexibility index (Phi) is 2.66. The highest BCUT2D eigenvalue weighted by atomic mass is 32.1. The van der Waals surface area contributed by atoms with Crippen LogP contribution in [0.3, 0.4) is 0 Å². The van der Waals surface area contributed by atoms with Crippen LogP contribution in [0.4, 0.5) is 5.13 Å². The largest absolute Gasteiger partial charge is 0.351 e. The number of hydrogen-bond acceptors (Lipinski definition) is 3. The summed E-state index contributed by atoms with van der Waals surface area (Å²) in [7, 11) is 0. The van der Waals surface area contributed by atoms with Crippen molar-refractivity contribution >= 4 is 26.7 Å². The summed E-state index contributed by atoms with van der Waals surface area (Å²) < 4.78 is 1.21. The van der Waals surface area contributed by atoms with Crippen LogP contribution in [0.2, 0.25) is 0 Å². The summed E-state index contributed by atoms with van der Waals surface area (Å²) in [6.07, 6.45) is 0. The number of benzene rings is 1. The number of hydrogen-bond donors (Lipinski definition) is 1. The van der Waals surface area contributed by atoms with Gasteiger partial charge in [0.15, 0.2) is 5.13 Å². The molecule has 2 aromatic rings. The molecule has 0 unspecified atom stereocenters. The Morgan fingerprint density at radius 3 is 3.07 bits per heavy atom. The van der Waals surface area contributed by atoms with Gasteiger partial charge in [0.05, 0.1) is 16.8 Å². The van der Waals surface area contributed by atoms with E-state index in [4.69, 9.17) is 0 Å². The van der Waals surface area contributed by atoms with Crippen LogP contribution in [0.1, 0.15) is 6.92 Å². The quantitative estimate of drug-likeness (QED) is 0.757. The predicted octanol–water partition coefficient (Wildman–Crippen LogP) is 2.73. The third-order valence-electron chi connectivity index (χ3n) is 1.80. The molecule has 0 radical (unpaired) electrons. The molecular weight excluding hydrogens is 192 g/mol. The predicted molar refractivity (Wildman–Crippen MR) is 61.6 cm³/mol. The molecular formula is C11H10N2S. The third-order valence-corrected chi connectivity index (χ3v) is 2.79. The summed E-state index contributed by atoms with van der Waals surface area (Å²) in [5.41, 5.74) is 1.05. The molecule has 0 saturated heterocycles. The Hall–Kier alpha value is -1.53. The molecule has 0 fully saturated rings. The van der Waals surface area contributed by atoms with E-state index < -0.39 is 0 Å². The molecule has 3 heteroatoms. The van der Waals surface area contributed by atoms with E-state index in [0.29, 0.717) is 6.54 Å². The zero-order valence-electron chi connectivity index (χ0n) is 7.87. The van der Waals surface area contributed by atoms with Gasteiger partial charge in [-0.1, -0.05) is 29.4 Å². The first kappa shape index (κ1) is 9.04. The molecule has 0 amide bonds. The Morgan fingerprint density at radius 2 is 2.29 bits per heavy atom. The van der Waals surface area contributed by atoms with Gasteiger partial charge in [-0.2, -0.15) is 0 Å². The van der Waals surface area contributed by atoms with E-state index in [1.807, 2.05) is 25.1 Å². The lowest BCUT2D eigenvalue weighted by atomic mass is 10.3. The van der Waals surface area contributed by atoms with Crippen LogP contribution >= 0.6 is 11.3 Å². The maximum Gasteiger partial charge on any atom is 0.184 e. The van der Waals surface area contributed by atoms with Crippen molar-refractivity contribution in [2.45, 2.75) is 6.92 Å². The van der Waals surface area contributed by atoms with E-state index in [2.05, 4.69) is 28.2 Å². The van der Waals surface area contributed by atoms with Crippen molar-refractivity contribution in [2.24, 2.45) is 0 Å². The van der Waals surface area contributed by atoms with Gasteiger partial charge in [-0.05, 0) is 19.1 Å². The Labute approximate surface area is 87.0 Å². The average Bonchev–Trinajstić information content (AvgIpc) is 2.60. The van der Waals surface area contributed by atoms with E-state index in [9.17, 15) is 0 Å². The highest BCUT2D eigenvalue weighted by molar-refractivity contribution is 7.22. The molecule has 0 aliphatic carbocycles. The van der Waals surface area contributed by atoms with Crippen LogP contribution in [0, 0.1) is 11.8 Å². The zero-order valence-corrected chi connectivity index (χ0v) is 8.69. The summed E-state index contributed by atoms with van der Waals surface area (Å²) in [5, 5.41) is 4.11. The molecule has 1 heterocycles. The van der Waals surface area contributed by atoms with Crippen LogP contribution in [0.5, 0.6) is 0 Å². The van der Waals surface area contributed by atoms with Crippen molar-refractivity contribution in [1.82, 2.24) is 4.98 Å². The molecule has 0 aliphatic heterocycles. The minimum atomic E-state index is 0.663. The number of nitrogens with zero attached hydrogens (tertiary/aromatic N) is 1. The number of nitrogens with one attached hydrogen (secondary N) is 1. The topological polar surface area (TPSA) is 24.9 Å². The normalized spacial score (nSPS) is 9.50. The van der Waals surface area contributed by atoms with E-state index >= 15 is 0 Å². The molecule has 0 spiro atoms. The summed E-state index contributed by atoms with van der Waals surface area (Å²) in [6, 6.07) is 8.11. The van der Waals surface area contributed by atoms with E-state index in [0.717, 1.165) is 10.6 Å². The van der Waals surface area contributed by atoms with Crippen LogP contribution in [-0.2, 0) is 0 Å². The lowest BCUT2D eigenvalue weighted by molar-refractivity contribution is 1.33. The van der Waals surface area contributed by atoms with E-state index in [-0.39, 0.29) is 0 Å². The first-order chi connectivity index (χ1) is 6.90. The van der Waals surface area contributed by atoms with Gasteiger partial charge < -0.3 is 5.32 Å². The third kappa shape index (κ3) is 1.86. The first-order valence-corrected chi connectivity index (χ1v) is 5.21. The van der Waals surface area contributed by atoms with Crippen LogP contribution < -0.4 is 5.32 Å².